The van der Waals surface area contributed by atoms with Gasteiger partial charge in [0.1, 0.15) is 0 Å². The first-order valence-corrected chi connectivity index (χ1v) is 7.59. The van der Waals surface area contributed by atoms with Crippen LogP contribution in [0.15, 0.2) is 24.3 Å². The summed E-state index contributed by atoms with van der Waals surface area (Å²) in [4.78, 5) is 12.6. The van der Waals surface area contributed by atoms with Crippen LogP contribution in [0.1, 0.15) is 46.1 Å². The standard InChI is InChI=1S/C17H26N2O/c1-5-10-17(3,4)19-16(20)14-11-13-8-6-7-9-15(13)18-12(14)2/h6-9,12,14,18H,5,10-11H2,1-4H3,(H,19,20). The summed E-state index contributed by atoms with van der Waals surface area (Å²) in [5.41, 5.74) is 2.28. The summed E-state index contributed by atoms with van der Waals surface area (Å²) in [6, 6.07) is 8.42. The molecule has 3 nitrogen and oxygen atoms in total. The Kier molecular flexibility index (Phi) is 4.36. The molecule has 1 heterocycles. The monoisotopic (exact) mass is 274 g/mol. The predicted octanol–water partition coefficient (Wildman–Crippen LogP) is 3.35. The van der Waals surface area contributed by atoms with Gasteiger partial charge in [0.15, 0.2) is 0 Å². The fraction of sp³-hybridized carbons (Fsp3) is 0.588. The van der Waals surface area contributed by atoms with Gasteiger partial charge in [-0.3, -0.25) is 4.79 Å². The zero-order chi connectivity index (χ0) is 14.8. The van der Waals surface area contributed by atoms with Gasteiger partial charge in [-0.25, -0.2) is 0 Å². The van der Waals surface area contributed by atoms with Crippen molar-refractivity contribution in [3.63, 3.8) is 0 Å². The lowest BCUT2D eigenvalue weighted by molar-refractivity contribution is -0.127. The van der Waals surface area contributed by atoms with E-state index in [2.05, 4.69) is 50.5 Å². The summed E-state index contributed by atoms with van der Waals surface area (Å²) in [5.74, 6) is 0.166. The summed E-state index contributed by atoms with van der Waals surface area (Å²) in [6.45, 7) is 8.44. The molecule has 1 aromatic carbocycles. The Morgan fingerprint density at radius 3 is 2.80 bits per heavy atom. The second-order valence-corrected chi connectivity index (χ2v) is 6.52. The van der Waals surface area contributed by atoms with Crippen molar-refractivity contribution < 1.29 is 4.79 Å². The van der Waals surface area contributed by atoms with Crippen LogP contribution < -0.4 is 10.6 Å². The van der Waals surface area contributed by atoms with Gasteiger partial charge >= 0.3 is 0 Å². The maximum absolute atomic E-state index is 12.6. The third-order valence-electron chi connectivity index (χ3n) is 4.12. The van der Waals surface area contributed by atoms with Gasteiger partial charge in [-0.2, -0.15) is 0 Å². The zero-order valence-electron chi connectivity index (χ0n) is 13.0. The Morgan fingerprint density at radius 2 is 2.10 bits per heavy atom. The van der Waals surface area contributed by atoms with Gasteiger partial charge in [-0.15, -0.1) is 0 Å². The molecular weight excluding hydrogens is 248 g/mol. The Hall–Kier alpha value is -1.51. The molecule has 110 valence electrons. The van der Waals surface area contributed by atoms with Gasteiger partial charge in [-0.05, 0) is 45.2 Å². The Labute approximate surface area is 122 Å². The van der Waals surface area contributed by atoms with E-state index < -0.39 is 0 Å². The summed E-state index contributed by atoms with van der Waals surface area (Å²) < 4.78 is 0. The largest absolute Gasteiger partial charge is 0.382 e. The normalized spacial score (nSPS) is 21.8. The van der Waals surface area contributed by atoms with Crippen molar-refractivity contribution in [3.8, 4) is 0 Å². The Bertz CT molecular complexity index is 482. The number of para-hydroxylation sites is 1. The van der Waals surface area contributed by atoms with Crippen molar-refractivity contribution >= 4 is 11.6 Å². The predicted molar refractivity (Wildman–Crippen MR) is 83.9 cm³/mol. The molecule has 0 spiro atoms. The quantitative estimate of drug-likeness (QED) is 0.884. The molecule has 3 heteroatoms. The van der Waals surface area contributed by atoms with Crippen molar-refractivity contribution in [2.24, 2.45) is 5.92 Å². The fourth-order valence-corrected chi connectivity index (χ4v) is 3.03. The third kappa shape index (κ3) is 3.33. The number of anilines is 1. The molecule has 0 radical (unpaired) electrons. The fourth-order valence-electron chi connectivity index (χ4n) is 3.03. The molecule has 0 aromatic heterocycles. The average molecular weight is 274 g/mol. The first kappa shape index (κ1) is 14.9. The van der Waals surface area contributed by atoms with Crippen LogP contribution in [0, 0.1) is 5.92 Å². The lowest BCUT2D eigenvalue weighted by atomic mass is 9.86. The highest BCUT2D eigenvalue weighted by atomic mass is 16.2. The average Bonchev–Trinajstić information content (AvgIpc) is 2.37. The minimum Gasteiger partial charge on any atom is -0.382 e. The van der Waals surface area contributed by atoms with Crippen LogP contribution >= 0.6 is 0 Å². The first-order chi connectivity index (χ1) is 9.43. The number of benzene rings is 1. The molecular formula is C17H26N2O. The number of rotatable bonds is 4. The molecule has 2 unspecified atom stereocenters. The third-order valence-corrected chi connectivity index (χ3v) is 4.12. The molecule has 0 saturated carbocycles. The number of carbonyl (C=O) groups excluding carboxylic acids is 1. The van der Waals surface area contributed by atoms with Crippen LogP contribution in [0.2, 0.25) is 0 Å². The highest BCUT2D eigenvalue weighted by Crippen LogP contribution is 2.28. The smallest absolute Gasteiger partial charge is 0.225 e. The molecule has 1 aromatic rings. The minimum atomic E-state index is -0.123. The van der Waals surface area contributed by atoms with Crippen LogP contribution in [0.4, 0.5) is 5.69 Å². The van der Waals surface area contributed by atoms with Gasteiger partial charge < -0.3 is 10.6 Å². The molecule has 1 amide bonds. The maximum Gasteiger partial charge on any atom is 0.225 e. The van der Waals surface area contributed by atoms with E-state index in [1.54, 1.807) is 0 Å². The number of nitrogens with one attached hydrogen (secondary N) is 2. The summed E-state index contributed by atoms with van der Waals surface area (Å²) in [5, 5.41) is 6.66. The van der Waals surface area contributed by atoms with E-state index in [4.69, 9.17) is 0 Å². The molecule has 1 aliphatic heterocycles. The number of carbonyl (C=O) groups is 1. The molecule has 2 atom stereocenters. The summed E-state index contributed by atoms with van der Waals surface area (Å²) in [7, 11) is 0. The minimum absolute atomic E-state index is 0.000955. The van der Waals surface area contributed by atoms with Crippen molar-refractivity contribution in [2.45, 2.75) is 58.5 Å². The van der Waals surface area contributed by atoms with Gasteiger partial charge in [0.25, 0.3) is 0 Å². The van der Waals surface area contributed by atoms with E-state index in [9.17, 15) is 4.79 Å². The van der Waals surface area contributed by atoms with E-state index in [0.717, 1.165) is 24.9 Å². The highest BCUT2D eigenvalue weighted by molar-refractivity contribution is 5.82. The molecule has 0 bridgehead atoms. The number of hydrogen-bond donors (Lipinski definition) is 2. The molecule has 0 aliphatic carbocycles. The molecule has 20 heavy (non-hydrogen) atoms. The highest BCUT2D eigenvalue weighted by Gasteiger charge is 2.32. The maximum atomic E-state index is 12.6. The second kappa shape index (κ2) is 5.86. The molecule has 2 N–H and O–H groups in total. The van der Waals surface area contributed by atoms with Gasteiger partial charge in [0.05, 0.1) is 5.92 Å². The van der Waals surface area contributed by atoms with E-state index in [-0.39, 0.29) is 23.4 Å². The van der Waals surface area contributed by atoms with Gasteiger partial charge in [0, 0.05) is 17.3 Å². The number of amides is 1. The SMILES string of the molecule is CCCC(C)(C)NC(=O)C1Cc2ccccc2NC1C. The Morgan fingerprint density at radius 1 is 1.40 bits per heavy atom. The van der Waals surface area contributed by atoms with Crippen LogP contribution in [-0.4, -0.2) is 17.5 Å². The van der Waals surface area contributed by atoms with Crippen LogP contribution in [0.3, 0.4) is 0 Å². The van der Waals surface area contributed by atoms with Crippen LogP contribution in [-0.2, 0) is 11.2 Å². The summed E-state index contributed by atoms with van der Waals surface area (Å²) in [6.07, 6.45) is 2.90. The molecule has 1 aliphatic rings. The zero-order valence-corrected chi connectivity index (χ0v) is 13.0. The second-order valence-electron chi connectivity index (χ2n) is 6.52. The van der Waals surface area contributed by atoms with Crippen molar-refractivity contribution in [3.05, 3.63) is 29.8 Å². The van der Waals surface area contributed by atoms with Crippen LogP contribution in [0.5, 0.6) is 0 Å². The van der Waals surface area contributed by atoms with Crippen molar-refractivity contribution in [1.29, 1.82) is 0 Å². The van der Waals surface area contributed by atoms with E-state index in [0.29, 0.717) is 0 Å². The molecule has 2 rings (SSSR count). The lowest BCUT2D eigenvalue weighted by Crippen LogP contribution is -2.50. The van der Waals surface area contributed by atoms with Gasteiger partial charge in [-0.1, -0.05) is 31.5 Å². The molecule has 0 fully saturated rings. The van der Waals surface area contributed by atoms with E-state index in [1.807, 2.05) is 12.1 Å². The number of fused-ring (bicyclic) bond motifs is 1. The van der Waals surface area contributed by atoms with E-state index >= 15 is 0 Å². The topological polar surface area (TPSA) is 41.1 Å². The first-order valence-electron chi connectivity index (χ1n) is 7.59. The van der Waals surface area contributed by atoms with E-state index in [1.165, 1.54) is 5.56 Å². The van der Waals surface area contributed by atoms with Crippen molar-refractivity contribution in [1.82, 2.24) is 5.32 Å². The van der Waals surface area contributed by atoms with Crippen molar-refractivity contribution in [2.75, 3.05) is 5.32 Å². The van der Waals surface area contributed by atoms with Gasteiger partial charge in [0.2, 0.25) is 5.91 Å². The lowest BCUT2D eigenvalue weighted by Gasteiger charge is -2.34. The summed E-state index contributed by atoms with van der Waals surface area (Å²) >= 11 is 0. The Balaban J connectivity index is 2.08. The molecule has 0 saturated heterocycles. The number of hydrogen-bond acceptors (Lipinski definition) is 2. The van der Waals surface area contributed by atoms with Crippen LogP contribution in [0.25, 0.3) is 0 Å².